The molecule has 0 spiro atoms. The normalized spacial score (nSPS) is 23.7. The topological polar surface area (TPSA) is 99.2 Å². The number of rotatable bonds is 9. The van der Waals surface area contributed by atoms with E-state index in [1.54, 1.807) is 6.92 Å². The molecule has 2 aliphatic rings. The first-order chi connectivity index (χ1) is 16.0. The third-order valence-corrected chi connectivity index (χ3v) is 6.92. The summed E-state index contributed by atoms with van der Waals surface area (Å²) in [6, 6.07) is 7.34. The highest BCUT2D eigenvalue weighted by molar-refractivity contribution is 9.10. The van der Waals surface area contributed by atoms with Crippen molar-refractivity contribution < 1.29 is 24.2 Å². The number of nitrogens with zero attached hydrogens (tertiary/aromatic N) is 2. The molecule has 2 fully saturated rings. The summed E-state index contributed by atoms with van der Waals surface area (Å²) in [4.78, 5) is 43.4. The average molecular weight is 522 g/mol. The first-order valence-corrected chi connectivity index (χ1v) is 12.2. The van der Waals surface area contributed by atoms with E-state index in [0.29, 0.717) is 13.1 Å². The molecule has 0 amide bonds. The lowest BCUT2D eigenvalue weighted by atomic mass is 9.72. The second-order valence-electron chi connectivity index (χ2n) is 8.27. The largest absolute Gasteiger partial charge is 0.465 e. The Hall–Kier alpha value is -2.07. The highest BCUT2D eigenvalue weighted by Crippen LogP contribution is 2.40. The summed E-state index contributed by atoms with van der Waals surface area (Å²) < 4.78 is 5.96. The lowest BCUT2D eigenvalue weighted by Gasteiger charge is -2.34. The molecule has 1 heterocycles. The van der Waals surface area contributed by atoms with Crippen molar-refractivity contribution in [2.45, 2.75) is 19.3 Å². The molecule has 9 heteroatoms. The predicted molar refractivity (Wildman–Crippen MR) is 128 cm³/mol. The van der Waals surface area contributed by atoms with Crippen LogP contribution >= 0.6 is 15.9 Å². The number of hydrogen-bond acceptors (Lipinski definition) is 8. The van der Waals surface area contributed by atoms with Gasteiger partial charge in [-0.3, -0.25) is 24.2 Å². The van der Waals surface area contributed by atoms with Crippen LogP contribution < -0.4 is 5.32 Å². The van der Waals surface area contributed by atoms with Crippen LogP contribution in [0.4, 0.5) is 0 Å². The third-order valence-electron chi connectivity index (χ3n) is 6.20. The number of halogens is 1. The summed E-state index contributed by atoms with van der Waals surface area (Å²) in [7, 11) is 0. The fourth-order valence-corrected chi connectivity index (χ4v) is 4.99. The Kier molecular flexibility index (Phi) is 9.61. The van der Waals surface area contributed by atoms with Crippen LogP contribution in [0, 0.1) is 5.92 Å². The highest BCUT2D eigenvalue weighted by atomic mass is 79.9. The number of ketones is 2. The van der Waals surface area contributed by atoms with Gasteiger partial charge >= 0.3 is 5.97 Å². The van der Waals surface area contributed by atoms with Crippen LogP contribution in [-0.4, -0.2) is 91.5 Å². The van der Waals surface area contributed by atoms with E-state index in [9.17, 15) is 14.4 Å². The van der Waals surface area contributed by atoms with Crippen LogP contribution in [0.25, 0.3) is 0 Å². The molecule has 2 N–H and O–H groups in total. The Bertz CT molecular complexity index is 883. The minimum Gasteiger partial charge on any atom is -0.465 e. The van der Waals surface area contributed by atoms with Crippen LogP contribution in [-0.2, 0) is 19.1 Å². The summed E-state index contributed by atoms with van der Waals surface area (Å²) in [6.45, 7) is 7.75. The van der Waals surface area contributed by atoms with Crippen LogP contribution in [0.15, 0.2) is 40.5 Å². The Morgan fingerprint density at radius 3 is 2.48 bits per heavy atom. The van der Waals surface area contributed by atoms with E-state index >= 15 is 0 Å². The molecule has 1 aliphatic heterocycles. The van der Waals surface area contributed by atoms with Gasteiger partial charge in [0.2, 0.25) is 0 Å². The number of ether oxygens (including phenoxy) is 1. The zero-order valence-electron chi connectivity index (χ0n) is 19.0. The number of allylic oxidation sites excluding steroid dienone is 1. The number of carbonyl (C=O) groups excluding carboxylic acids is 3. The Labute approximate surface area is 203 Å². The van der Waals surface area contributed by atoms with Crippen molar-refractivity contribution in [3.8, 4) is 0 Å². The van der Waals surface area contributed by atoms with Crippen molar-refractivity contribution in [3.05, 3.63) is 46.1 Å². The van der Waals surface area contributed by atoms with Gasteiger partial charge in [0.05, 0.1) is 18.8 Å². The first kappa shape index (κ1) is 25.6. The van der Waals surface area contributed by atoms with Gasteiger partial charge in [-0.15, -0.1) is 0 Å². The summed E-state index contributed by atoms with van der Waals surface area (Å²) in [5, 5.41) is 12.1. The van der Waals surface area contributed by atoms with Crippen molar-refractivity contribution in [2.75, 3.05) is 59.0 Å². The molecule has 0 aromatic heterocycles. The first-order valence-electron chi connectivity index (χ1n) is 11.4. The van der Waals surface area contributed by atoms with Crippen molar-refractivity contribution >= 4 is 33.5 Å². The molecule has 3 rings (SSSR count). The van der Waals surface area contributed by atoms with E-state index in [4.69, 9.17) is 9.84 Å². The van der Waals surface area contributed by atoms with E-state index in [-0.39, 0.29) is 31.0 Å². The Morgan fingerprint density at radius 2 is 1.85 bits per heavy atom. The number of aliphatic hydroxyl groups is 1. The van der Waals surface area contributed by atoms with Gasteiger partial charge in [-0.05, 0) is 18.6 Å². The maximum atomic E-state index is 13.3. The zero-order chi connectivity index (χ0) is 23.8. The number of carbonyl (C=O) groups is 3. The van der Waals surface area contributed by atoms with E-state index in [2.05, 4.69) is 31.0 Å². The highest BCUT2D eigenvalue weighted by Gasteiger charge is 2.45. The van der Waals surface area contributed by atoms with Gasteiger partial charge in [-0.2, -0.15) is 0 Å². The maximum absolute atomic E-state index is 13.3. The quantitative estimate of drug-likeness (QED) is 0.165. The molecule has 1 saturated carbocycles. The molecule has 1 saturated heterocycles. The van der Waals surface area contributed by atoms with Crippen LogP contribution in [0.5, 0.6) is 0 Å². The lowest BCUT2D eigenvalue weighted by molar-refractivity contribution is -0.152. The third kappa shape index (κ3) is 6.50. The van der Waals surface area contributed by atoms with Gasteiger partial charge in [-0.1, -0.05) is 34.1 Å². The Morgan fingerprint density at radius 1 is 1.18 bits per heavy atom. The molecule has 2 atom stereocenters. The summed E-state index contributed by atoms with van der Waals surface area (Å²) in [5.41, 5.74) is 0.786. The average Bonchev–Trinajstić information content (AvgIpc) is 2.80. The van der Waals surface area contributed by atoms with E-state index < -0.39 is 23.6 Å². The van der Waals surface area contributed by atoms with Crippen LogP contribution in [0.3, 0.4) is 0 Å². The van der Waals surface area contributed by atoms with Gasteiger partial charge in [0.1, 0.15) is 5.92 Å². The number of esters is 1. The predicted octanol–water partition coefficient (Wildman–Crippen LogP) is 1.34. The number of hydrogen-bond donors (Lipinski definition) is 2. The van der Waals surface area contributed by atoms with Crippen molar-refractivity contribution in [2.24, 2.45) is 5.92 Å². The molecule has 1 aliphatic carbocycles. The molecule has 180 valence electrons. The maximum Gasteiger partial charge on any atom is 0.317 e. The molecule has 2 unspecified atom stereocenters. The number of β-amino-alcohol motifs (C(OH)–C–C–N with tert-alkyl or cyclic N) is 1. The smallest absolute Gasteiger partial charge is 0.317 e. The summed E-state index contributed by atoms with van der Waals surface area (Å²) in [5.74, 6) is -2.97. The molecule has 8 nitrogen and oxygen atoms in total. The van der Waals surface area contributed by atoms with Gasteiger partial charge in [0, 0.05) is 68.8 Å². The van der Waals surface area contributed by atoms with Crippen LogP contribution in [0.2, 0.25) is 0 Å². The standard InChI is InChI=1S/C24H32BrN3O5/c1-2-33-24(32)22-18(17-5-3-4-6-20(17)25)15-21(30)19(23(22)31)16-26-7-8-27-9-11-28(12-10-27)13-14-29/h3-6,16,18,22,26,29H,2,7-15H2,1H3. The second kappa shape index (κ2) is 12.4. The fraction of sp³-hybridized carbons (Fsp3) is 0.542. The number of benzene rings is 1. The number of nitrogens with one attached hydrogen (secondary N) is 1. The molecule has 1 aromatic rings. The van der Waals surface area contributed by atoms with E-state index in [0.717, 1.165) is 42.8 Å². The SMILES string of the molecule is CCOC(=O)C1C(=O)C(=CNCCN2CCN(CCO)CC2)C(=O)CC1c1ccccc1Br. The van der Waals surface area contributed by atoms with Crippen LogP contribution in [0.1, 0.15) is 24.8 Å². The summed E-state index contributed by atoms with van der Waals surface area (Å²) >= 11 is 3.48. The number of Topliss-reactive ketones (excluding diaryl/α,β-unsaturated/α-hetero) is 2. The fourth-order valence-electron chi connectivity index (χ4n) is 4.41. The number of piperazine rings is 1. The van der Waals surface area contributed by atoms with Crippen molar-refractivity contribution in [1.29, 1.82) is 0 Å². The molecule has 33 heavy (non-hydrogen) atoms. The van der Waals surface area contributed by atoms with Crippen molar-refractivity contribution in [1.82, 2.24) is 15.1 Å². The monoisotopic (exact) mass is 521 g/mol. The summed E-state index contributed by atoms with van der Waals surface area (Å²) in [6.07, 6.45) is 1.54. The second-order valence-corrected chi connectivity index (χ2v) is 9.12. The molecule has 0 radical (unpaired) electrons. The van der Waals surface area contributed by atoms with Gasteiger partial charge in [0.15, 0.2) is 11.6 Å². The van der Waals surface area contributed by atoms with Gasteiger partial charge < -0.3 is 15.2 Å². The van der Waals surface area contributed by atoms with E-state index in [1.165, 1.54) is 6.20 Å². The lowest BCUT2D eigenvalue weighted by Crippen LogP contribution is -2.48. The minimum absolute atomic E-state index is 0.0316. The van der Waals surface area contributed by atoms with Crippen molar-refractivity contribution in [3.63, 3.8) is 0 Å². The molecular formula is C24H32BrN3O5. The minimum atomic E-state index is -1.05. The zero-order valence-corrected chi connectivity index (χ0v) is 20.6. The van der Waals surface area contributed by atoms with E-state index in [1.807, 2.05) is 24.3 Å². The Balaban J connectivity index is 1.65. The van der Waals surface area contributed by atoms with Gasteiger partial charge in [-0.25, -0.2) is 0 Å². The molecule has 1 aromatic carbocycles. The van der Waals surface area contributed by atoms with Gasteiger partial charge in [0.25, 0.3) is 0 Å². The number of aliphatic hydroxyl groups excluding tert-OH is 1. The molecular weight excluding hydrogens is 490 g/mol. The molecule has 0 bridgehead atoms.